The lowest BCUT2D eigenvalue weighted by Gasteiger charge is -2.42. The molecule has 0 radical (unpaired) electrons. The molecule has 2 aliphatic rings. The molecule has 3 heterocycles. The molecular formula is C20H24F3N7O. The Balaban J connectivity index is 1.39. The molecule has 166 valence electrons. The summed E-state index contributed by atoms with van der Waals surface area (Å²) < 4.78 is 38.0. The van der Waals surface area contributed by atoms with E-state index in [1.807, 2.05) is 36.8 Å². The summed E-state index contributed by atoms with van der Waals surface area (Å²) in [6.07, 6.45) is -0.996. The van der Waals surface area contributed by atoms with Crippen molar-refractivity contribution in [1.29, 1.82) is 0 Å². The fourth-order valence-corrected chi connectivity index (χ4v) is 3.79. The second-order valence-electron chi connectivity index (χ2n) is 8.13. The van der Waals surface area contributed by atoms with E-state index in [9.17, 15) is 18.0 Å². The van der Waals surface area contributed by atoms with Gasteiger partial charge in [-0.1, -0.05) is 0 Å². The van der Waals surface area contributed by atoms with Gasteiger partial charge in [-0.15, -0.1) is 0 Å². The molecule has 31 heavy (non-hydrogen) atoms. The molecule has 1 saturated carbocycles. The average Bonchev–Trinajstić information content (AvgIpc) is 2.68. The van der Waals surface area contributed by atoms with E-state index < -0.39 is 11.9 Å². The number of pyridine rings is 1. The summed E-state index contributed by atoms with van der Waals surface area (Å²) in [7, 11) is 3.65. The van der Waals surface area contributed by atoms with Gasteiger partial charge in [0.05, 0.1) is 18.1 Å². The second kappa shape index (κ2) is 7.54. The highest BCUT2D eigenvalue weighted by molar-refractivity contribution is 6.03. The van der Waals surface area contributed by atoms with Gasteiger partial charge in [-0.2, -0.15) is 13.2 Å². The summed E-state index contributed by atoms with van der Waals surface area (Å²) >= 11 is 0. The van der Waals surface area contributed by atoms with Crippen molar-refractivity contribution < 1.29 is 18.0 Å². The van der Waals surface area contributed by atoms with E-state index in [-0.39, 0.29) is 24.0 Å². The molecule has 0 bridgehead atoms. The van der Waals surface area contributed by atoms with Crippen LogP contribution in [0.15, 0.2) is 18.5 Å². The van der Waals surface area contributed by atoms with Crippen LogP contribution in [0.1, 0.15) is 31.0 Å². The molecule has 11 heteroatoms. The summed E-state index contributed by atoms with van der Waals surface area (Å²) in [6, 6.07) is 1.92. The minimum absolute atomic E-state index is 0.0585. The molecule has 0 spiro atoms. The van der Waals surface area contributed by atoms with Gasteiger partial charge in [0.1, 0.15) is 17.7 Å². The molecule has 0 saturated heterocycles. The number of rotatable bonds is 4. The van der Waals surface area contributed by atoms with Gasteiger partial charge in [-0.05, 0) is 38.3 Å². The monoisotopic (exact) mass is 435 g/mol. The Labute approximate surface area is 177 Å². The number of hydrogen-bond donors (Lipinski definition) is 2. The zero-order chi connectivity index (χ0) is 22.5. The third kappa shape index (κ3) is 3.96. The molecule has 1 aliphatic heterocycles. The molecule has 0 unspecified atom stereocenters. The number of anilines is 4. The number of nitrogens with zero attached hydrogens (tertiary/aromatic N) is 5. The first kappa shape index (κ1) is 21.1. The Morgan fingerprint density at radius 1 is 1.26 bits per heavy atom. The van der Waals surface area contributed by atoms with Gasteiger partial charge >= 0.3 is 6.18 Å². The van der Waals surface area contributed by atoms with Gasteiger partial charge in [-0.25, -0.2) is 15.0 Å². The molecule has 0 aromatic carbocycles. The van der Waals surface area contributed by atoms with Gasteiger partial charge in [-0.3, -0.25) is 4.79 Å². The lowest BCUT2D eigenvalue weighted by Crippen LogP contribution is -2.49. The maximum Gasteiger partial charge on any atom is 0.434 e. The Hall–Kier alpha value is -3.11. The number of aryl methyl sites for hydroxylation is 1. The van der Waals surface area contributed by atoms with Crippen LogP contribution in [-0.2, 0) is 11.0 Å². The van der Waals surface area contributed by atoms with Crippen molar-refractivity contribution in [1.82, 2.24) is 15.0 Å². The Morgan fingerprint density at radius 2 is 1.97 bits per heavy atom. The van der Waals surface area contributed by atoms with Crippen LogP contribution in [-0.4, -0.2) is 53.1 Å². The number of carbonyl (C=O) groups is 1. The van der Waals surface area contributed by atoms with Gasteiger partial charge in [0, 0.05) is 26.2 Å². The van der Waals surface area contributed by atoms with Crippen molar-refractivity contribution in [2.75, 3.05) is 34.5 Å². The number of fused-ring (bicyclic) bond motifs is 1. The minimum atomic E-state index is -4.50. The SMILES string of the molecule is Cc1cc(NC2CC(N(C)c3cnc(C(F)(F)F)cn3)C2)nc2c1NC(=O)[C@H](C)N2C. The van der Waals surface area contributed by atoms with Gasteiger partial charge in [0.25, 0.3) is 0 Å². The summed E-state index contributed by atoms with van der Waals surface area (Å²) in [5.74, 6) is 1.80. The molecular weight excluding hydrogens is 411 g/mol. The molecule has 1 aliphatic carbocycles. The van der Waals surface area contributed by atoms with Gasteiger partial charge in [0.2, 0.25) is 5.91 Å². The molecule has 4 rings (SSSR count). The van der Waals surface area contributed by atoms with Crippen LogP contribution < -0.4 is 20.4 Å². The topological polar surface area (TPSA) is 86.3 Å². The number of nitrogens with one attached hydrogen (secondary N) is 2. The predicted molar refractivity (Wildman–Crippen MR) is 111 cm³/mol. The summed E-state index contributed by atoms with van der Waals surface area (Å²) in [5, 5.41) is 6.33. The highest BCUT2D eigenvalue weighted by Gasteiger charge is 2.36. The smallest absolute Gasteiger partial charge is 0.367 e. The molecule has 2 N–H and O–H groups in total. The maximum absolute atomic E-state index is 12.7. The van der Waals surface area contributed by atoms with Crippen LogP contribution >= 0.6 is 0 Å². The van der Waals surface area contributed by atoms with Crippen LogP contribution in [0.25, 0.3) is 0 Å². The standard InChI is InChI=1S/C20H24F3N7O/c1-10-5-15(27-18-17(10)28-19(31)11(2)29(18)3)26-12-6-13(7-12)30(4)16-9-24-14(8-25-16)20(21,22)23/h5,8-9,11-13H,6-7H2,1-4H3,(H,26,27)(H,28,31)/t11-,12?,13?/m0/s1. The van der Waals surface area contributed by atoms with E-state index in [4.69, 9.17) is 0 Å². The number of carbonyl (C=O) groups excluding carboxylic acids is 1. The van der Waals surface area contributed by atoms with Gasteiger partial charge in [0.15, 0.2) is 11.5 Å². The molecule has 2 aromatic heterocycles. The van der Waals surface area contributed by atoms with Crippen molar-refractivity contribution in [3.05, 3.63) is 29.7 Å². The van der Waals surface area contributed by atoms with E-state index in [0.717, 1.165) is 48.1 Å². The first-order valence-corrected chi connectivity index (χ1v) is 9.98. The number of alkyl halides is 3. The van der Waals surface area contributed by atoms with E-state index in [0.29, 0.717) is 5.82 Å². The highest BCUT2D eigenvalue weighted by atomic mass is 19.4. The number of hydrogen-bond acceptors (Lipinski definition) is 7. The van der Waals surface area contributed by atoms with E-state index in [1.54, 1.807) is 7.05 Å². The van der Waals surface area contributed by atoms with Gasteiger partial charge < -0.3 is 20.4 Å². The van der Waals surface area contributed by atoms with Crippen molar-refractivity contribution in [2.24, 2.45) is 0 Å². The molecule has 1 atom stereocenters. The van der Waals surface area contributed by atoms with Crippen LogP contribution in [0.3, 0.4) is 0 Å². The maximum atomic E-state index is 12.7. The third-order valence-corrected chi connectivity index (χ3v) is 6.04. The lowest BCUT2D eigenvalue weighted by molar-refractivity contribution is -0.141. The van der Waals surface area contributed by atoms with Crippen LogP contribution in [0.2, 0.25) is 0 Å². The first-order valence-electron chi connectivity index (χ1n) is 9.98. The zero-order valence-corrected chi connectivity index (χ0v) is 17.7. The minimum Gasteiger partial charge on any atom is -0.367 e. The molecule has 1 fully saturated rings. The molecule has 8 nitrogen and oxygen atoms in total. The van der Waals surface area contributed by atoms with Crippen molar-refractivity contribution >= 4 is 29.0 Å². The first-order chi connectivity index (χ1) is 14.5. The number of amides is 1. The quantitative estimate of drug-likeness (QED) is 0.763. The highest BCUT2D eigenvalue weighted by Crippen LogP contribution is 2.36. The fourth-order valence-electron chi connectivity index (χ4n) is 3.79. The Morgan fingerprint density at radius 3 is 2.58 bits per heavy atom. The van der Waals surface area contributed by atoms with E-state index in [2.05, 4.69) is 25.6 Å². The van der Waals surface area contributed by atoms with Crippen molar-refractivity contribution in [3.8, 4) is 0 Å². The van der Waals surface area contributed by atoms with Crippen molar-refractivity contribution in [2.45, 2.75) is 51.0 Å². The number of aromatic nitrogens is 3. The zero-order valence-electron chi connectivity index (χ0n) is 17.7. The van der Waals surface area contributed by atoms with Crippen LogP contribution in [0, 0.1) is 6.92 Å². The van der Waals surface area contributed by atoms with Crippen molar-refractivity contribution in [3.63, 3.8) is 0 Å². The van der Waals surface area contributed by atoms with E-state index >= 15 is 0 Å². The van der Waals surface area contributed by atoms with Crippen LogP contribution in [0.4, 0.5) is 36.3 Å². The lowest BCUT2D eigenvalue weighted by atomic mass is 9.85. The largest absolute Gasteiger partial charge is 0.434 e. The Bertz CT molecular complexity index is 990. The third-order valence-electron chi connectivity index (χ3n) is 6.04. The Kier molecular flexibility index (Phi) is 5.14. The normalized spacial score (nSPS) is 23.0. The summed E-state index contributed by atoms with van der Waals surface area (Å²) in [4.78, 5) is 27.8. The van der Waals surface area contributed by atoms with Crippen LogP contribution in [0.5, 0.6) is 0 Å². The molecule has 1 amide bonds. The number of likely N-dealkylation sites (N-methyl/N-ethyl adjacent to an activating group) is 1. The van der Waals surface area contributed by atoms with E-state index in [1.165, 1.54) is 0 Å². The predicted octanol–water partition coefficient (Wildman–Crippen LogP) is 3.05. The average molecular weight is 435 g/mol. The summed E-state index contributed by atoms with van der Waals surface area (Å²) in [6.45, 7) is 3.75. The summed E-state index contributed by atoms with van der Waals surface area (Å²) in [5.41, 5.74) is 0.651. The number of halogens is 3. The fraction of sp³-hybridized carbons (Fsp3) is 0.500. The molecule has 2 aromatic rings. The second-order valence-corrected chi connectivity index (χ2v) is 8.13.